The normalized spacial score (nSPS) is 11.9. The lowest BCUT2D eigenvalue weighted by Gasteiger charge is -2.14. The van der Waals surface area contributed by atoms with Crippen molar-refractivity contribution in [1.82, 2.24) is 24.7 Å². The van der Waals surface area contributed by atoms with Gasteiger partial charge in [-0.15, -0.1) is 0 Å². The highest BCUT2D eigenvalue weighted by atomic mass is 15.3. The van der Waals surface area contributed by atoms with Gasteiger partial charge in [-0.05, 0) is 61.7 Å². The van der Waals surface area contributed by atoms with Crippen molar-refractivity contribution in [2.75, 3.05) is 5.32 Å². The smallest absolute Gasteiger partial charge is 0.223 e. The molecule has 1 aromatic carbocycles. The van der Waals surface area contributed by atoms with Crippen LogP contribution in [-0.4, -0.2) is 30.8 Å². The molecule has 0 radical (unpaired) electrons. The van der Waals surface area contributed by atoms with E-state index in [0.29, 0.717) is 5.95 Å². The Morgan fingerprint density at radius 3 is 2.75 bits per heavy atom. The van der Waals surface area contributed by atoms with Gasteiger partial charge in [0.1, 0.15) is 0 Å². The van der Waals surface area contributed by atoms with Gasteiger partial charge in [-0.3, -0.25) is 4.98 Å². The van der Waals surface area contributed by atoms with E-state index in [1.54, 1.807) is 6.20 Å². The summed E-state index contributed by atoms with van der Waals surface area (Å²) in [5.74, 6) is 0.613. The van der Waals surface area contributed by atoms with Gasteiger partial charge in [0.15, 0.2) is 0 Å². The van der Waals surface area contributed by atoms with Crippen molar-refractivity contribution in [1.29, 1.82) is 0 Å². The van der Waals surface area contributed by atoms with Gasteiger partial charge >= 0.3 is 0 Å². The predicted molar refractivity (Wildman–Crippen MR) is 110 cm³/mol. The monoisotopic (exact) mass is 370 g/mol. The van der Waals surface area contributed by atoms with E-state index in [-0.39, 0.29) is 6.04 Å². The molecule has 3 heterocycles. The van der Waals surface area contributed by atoms with Crippen molar-refractivity contribution in [3.8, 4) is 16.9 Å². The standard InChI is InChI=1S/C22H22N6/c1-16-4-3-5-20(12-16)28-15-19(14-25-28)21-8-11-24-22(27-21)26-17(2)13-18-6-9-23-10-7-18/h3-12,14-15,17H,13H2,1-2H3,(H,24,26,27). The Morgan fingerprint density at radius 1 is 1.07 bits per heavy atom. The van der Waals surface area contributed by atoms with E-state index in [4.69, 9.17) is 0 Å². The van der Waals surface area contributed by atoms with Gasteiger partial charge in [-0.25, -0.2) is 14.6 Å². The molecule has 1 unspecified atom stereocenters. The second-order valence-corrected chi connectivity index (χ2v) is 6.88. The van der Waals surface area contributed by atoms with E-state index in [0.717, 1.165) is 23.4 Å². The highest BCUT2D eigenvalue weighted by Crippen LogP contribution is 2.19. The Kier molecular flexibility index (Phi) is 5.10. The van der Waals surface area contributed by atoms with E-state index < -0.39 is 0 Å². The highest BCUT2D eigenvalue weighted by molar-refractivity contribution is 5.59. The third-order valence-electron chi connectivity index (χ3n) is 4.47. The second kappa shape index (κ2) is 8.00. The molecule has 1 atom stereocenters. The van der Waals surface area contributed by atoms with Crippen molar-refractivity contribution < 1.29 is 0 Å². The summed E-state index contributed by atoms with van der Waals surface area (Å²) in [7, 11) is 0. The lowest BCUT2D eigenvalue weighted by Crippen LogP contribution is -2.19. The lowest BCUT2D eigenvalue weighted by molar-refractivity contribution is 0.776. The molecule has 0 fully saturated rings. The fourth-order valence-electron chi connectivity index (χ4n) is 3.10. The molecule has 0 amide bonds. The molecule has 0 spiro atoms. The predicted octanol–water partition coefficient (Wildman–Crippen LogP) is 4.08. The number of anilines is 1. The first-order chi connectivity index (χ1) is 13.7. The van der Waals surface area contributed by atoms with Gasteiger partial charge in [0.25, 0.3) is 0 Å². The van der Waals surface area contributed by atoms with Crippen LogP contribution in [0.2, 0.25) is 0 Å². The summed E-state index contributed by atoms with van der Waals surface area (Å²) in [6.07, 6.45) is 10.1. The molecule has 3 aromatic heterocycles. The van der Waals surface area contributed by atoms with E-state index in [9.17, 15) is 0 Å². The van der Waals surface area contributed by atoms with Gasteiger partial charge < -0.3 is 5.32 Å². The quantitative estimate of drug-likeness (QED) is 0.554. The number of aromatic nitrogens is 5. The van der Waals surface area contributed by atoms with Crippen LogP contribution in [0.1, 0.15) is 18.1 Å². The van der Waals surface area contributed by atoms with Gasteiger partial charge in [0.2, 0.25) is 5.95 Å². The first-order valence-corrected chi connectivity index (χ1v) is 9.28. The fourth-order valence-corrected chi connectivity index (χ4v) is 3.10. The topological polar surface area (TPSA) is 68.5 Å². The number of hydrogen-bond donors (Lipinski definition) is 1. The molecule has 0 aliphatic rings. The molecule has 6 heteroatoms. The van der Waals surface area contributed by atoms with Crippen molar-refractivity contribution >= 4 is 5.95 Å². The van der Waals surface area contributed by atoms with Gasteiger partial charge in [-0.1, -0.05) is 12.1 Å². The molecule has 140 valence electrons. The summed E-state index contributed by atoms with van der Waals surface area (Å²) in [5.41, 5.74) is 5.25. The zero-order chi connectivity index (χ0) is 19.3. The minimum absolute atomic E-state index is 0.202. The van der Waals surface area contributed by atoms with Crippen molar-refractivity contribution in [3.63, 3.8) is 0 Å². The third kappa shape index (κ3) is 4.23. The van der Waals surface area contributed by atoms with Gasteiger partial charge in [0.05, 0.1) is 17.6 Å². The van der Waals surface area contributed by atoms with Crippen molar-refractivity contribution in [2.45, 2.75) is 26.3 Å². The Morgan fingerprint density at radius 2 is 1.93 bits per heavy atom. The summed E-state index contributed by atoms with van der Waals surface area (Å²) >= 11 is 0. The Hall–Kier alpha value is -3.54. The third-order valence-corrected chi connectivity index (χ3v) is 4.47. The number of benzene rings is 1. The number of nitrogens with one attached hydrogen (secondary N) is 1. The van der Waals surface area contributed by atoms with Crippen LogP contribution in [0.5, 0.6) is 0 Å². The molecule has 0 bridgehead atoms. The summed E-state index contributed by atoms with van der Waals surface area (Å²) < 4.78 is 1.86. The fraction of sp³-hybridized carbons (Fsp3) is 0.182. The number of pyridine rings is 1. The minimum Gasteiger partial charge on any atom is -0.351 e. The summed E-state index contributed by atoms with van der Waals surface area (Å²) in [6, 6.07) is 14.4. The summed E-state index contributed by atoms with van der Waals surface area (Å²) in [4.78, 5) is 13.1. The molecular formula is C22H22N6. The van der Waals surface area contributed by atoms with Crippen LogP contribution in [0.4, 0.5) is 5.95 Å². The highest BCUT2D eigenvalue weighted by Gasteiger charge is 2.09. The molecule has 0 saturated heterocycles. The Labute approximate surface area is 164 Å². The number of nitrogens with zero attached hydrogens (tertiary/aromatic N) is 5. The van der Waals surface area contributed by atoms with Crippen LogP contribution in [-0.2, 0) is 6.42 Å². The van der Waals surface area contributed by atoms with Crippen molar-refractivity contribution in [3.05, 3.63) is 84.6 Å². The SMILES string of the molecule is Cc1cccc(-n2cc(-c3ccnc(NC(C)Cc4ccncc4)n3)cn2)c1. The van der Waals surface area contributed by atoms with E-state index in [1.165, 1.54) is 11.1 Å². The van der Waals surface area contributed by atoms with Gasteiger partial charge in [-0.2, -0.15) is 5.10 Å². The van der Waals surface area contributed by atoms with Crippen LogP contribution < -0.4 is 5.32 Å². The first-order valence-electron chi connectivity index (χ1n) is 9.28. The van der Waals surface area contributed by atoms with Crippen LogP contribution in [0.15, 0.2) is 73.4 Å². The maximum atomic E-state index is 4.66. The van der Waals surface area contributed by atoms with Crippen LogP contribution in [0.3, 0.4) is 0 Å². The second-order valence-electron chi connectivity index (χ2n) is 6.88. The lowest BCUT2D eigenvalue weighted by atomic mass is 10.1. The first kappa shape index (κ1) is 17.9. The molecule has 0 aliphatic carbocycles. The van der Waals surface area contributed by atoms with Gasteiger partial charge in [0, 0.05) is 36.4 Å². The van der Waals surface area contributed by atoms with Crippen LogP contribution in [0.25, 0.3) is 16.9 Å². The van der Waals surface area contributed by atoms with E-state index in [2.05, 4.69) is 51.3 Å². The summed E-state index contributed by atoms with van der Waals surface area (Å²) in [5, 5.41) is 7.86. The largest absolute Gasteiger partial charge is 0.351 e. The van der Waals surface area contributed by atoms with Crippen LogP contribution in [0, 0.1) is 6.92 Å². The zero-order valence-electron chi connectivity index (χ0n) is 15.9. The molecule has 4 rings (SSSR count). The molecule has 28 heavy (non-hydrogen) atoms. The molecule has 4 aromatic rings. The molecule has 0 saturated carbocycles. The Balaban J connectivity index is 1.49. The number of aryl methyl sites for hydroxylation is 1. The zero-order valence-corrected chi connectivity index (χ0v) is 15.9. The maximum Gasteiger partial charge on any atom is 0.223 e. The van der Waals surface area contributed by atoms with E-state index >= 15 is 0 Å². The molecular weight excluding hydrogens is 348 g/mol. The Bertz CT molecular complexity index is 1060. The average molecular weight is 370 g/mol. The van der Waals surface area contributed by atoms with Crippen molar-refractivity contribution in [2.24, 2.45) is 0 Å². The average Bonchev–Trinajstić information content (AvgIpc) is 3.19. The summed E-state index contributed by atoms with van der Waals surface area (Å²) in [6.45, 7) is 4.19. The molecule has 6 nitrogen and oxygen atoms in total. The number of hydrogen-bond acceptors (Lipinski definition) is 5. The molecule has 1 N–H and O–H groups in total. The molecule has 0 aliphatic heterocycles. The van der Waals surface area contributed by atoms with E-state index in [1.807, 2.05) is 59.8 Å². The van der Waals surface area contributed by atoms with Crippen LogP contribution >= 0.6 is 0 Å². The maximum absolute atomic E-state index is 4.66. The number of rotatable bonds is 6. The minimum atomic E-state index is 0.202.